The van der Waals surface area contributed by atoms with Gasteiger partial charge < -0.3 is 8.92 Å². The number of hydrogen-bond acceptors (Lipinski definition) is 7. The first-order valence-electron chi connectivity index (χ1n) is 8.19. The summed E-state index contributed by atoms with van der Waals surface area (Å²) in [7, 11) is -2.63. The van der Waals surface area contributed by atoms with E-state index in [4.69, 9.17) is 0 Å². The molecule has 0 saturated carbocycles. The maximum atomic E-state index is 12.7. The Bertz CT molecular complexity index is 1290. The molecule has 12 heteroatoms. The van der Waals surface area contributed by atoms with Crippen molar-refractivity contribution in [2.24, 2.45) is 4.36 Å². The Morgan fingerprint density at radius 1 is 1.28 bits per heavy atom. The molecule has 0 aromatic carbocycles. The lowest BCUT2D eigenvalue weighted by atomic mass is 10.2. The molecule has 0 aliphatic carbocycles. The number of rotatable bonds is 4. The van der Waals surface area contributed by atoms with Crippen LogP contribution in [0.4, 0.5) is 13.2 Å². The highest BCUT2D eigenvalue weighted by molar-refractivity contribution is 7.93. The molecule has 0 N–H and O–H groups in total. The average molecular weight is 422 g/mol. The summed E-state index contributed by atoms with van der Waals surface area (Å²) in [6.07, 6.45) is 3.20. The standard InChI is InChI=1S/C17H13F3N6O2S/c1-29(27,13-3-2-5-21-9-13)22-8-12-10-26-6-4-11(7-14(26)23-12)15-24-16(28-25-15)17(18,19)20/h2-7,9-10H,8H2,1H3. The van der Waals surface area contributed by atoms with Gasteiger partial charge in [-0.15, -0.1) is 0 Å². The lowest BCUT2D eigenvalue weighted by molar-refractivity contribution is -0.159. The minimum absolute atomic E-state index is 0.0989. The normalized spacial score (nSPS) is 14.1. The molecule has 29 heavy (non-hydrogen) atoms. The van der Waals surface area contributed by atoms with E-state index in [9.17, 15) is 17.4 Å². The van der Waals surface area contributed by atoms with Crippen LogP contribution in [0.15, 0.2) is 62.8 Å². The van der Waals surface area contributed by atoms with Crippen LogP contribution in [0.1, 0.15) is 11.6 Å². The summed E-state index contributed by atoms with van der Waals surface area (Å²) in [4.78, 5) is 12.2. The third kappa shape index (κ3) is 3.97. The summed E-state index contributed by atoms with van der Waals surface area (Å²) in [6, 6.07) is 6.44. The smallest absolute Gasteiger partial charge is 0.329 e. The van der Waals surface area contributed by atoms with Gasteiger partial charge in [0.25, 0.3) is 0 Å². The van der Waals surface area contributed by atoms with Crippen LogP contribution in [0.3, 0.4) is 0 Å². The Hall–Kier alpha value is -3.28. The van der Waals surface area contributed by atoms with E-state index >= 15 is 0 Å². The topological polar surface area (TPSA) is 98.5 Å². The van der Waals surface area contributed by atoms with E-state index in [1.54, 1.807) is 41.2 Å². The molecular weight excluding hydrogens is 409 g/mol. The van der Waals surface area contributed by atoms with E-state index in [-0.39, 0.29) is 12.4 Å². The molecule has 1 unspecified atom stereocenters. The van der Waals surface area contributed by atoms with E-state index in [0.717, 1.165) is 0 Å². The fourth-order valence-corrected chi connectivity index (χ4v) is 3.66. The van der Waals surface area contributed by atoms with E-state index in [2.05, 4.69) is 29.0 Å². The Morgan fingerprint density at radius 3 is 2.79 bits per heavy atom. The SMILES string of the molecule is CS(=O)(=NCc1cn2ccc(-c3noc(C(F)(F)F)n3)cc2n1)c1cccnc1. The van der Waals surface area contributed by atoms with Gasteiger partial charge in [0.05, 0.1) is 26.9 Å². The van der Waals surface area contributed by atoms with Crippen molar-refractivity contribution in [2.75, 3.05) is 6.26 Å². The van der Waals surface area contributed by atoms with Crippen LogP contribution in [0.5, 0.6) is 0 Å². The number of alkyl halides is 3. The van der Waals surface area contributed by atoms with Gasteiger partial charge in [-0.2, -0.15) is 18.2 Å². The van der Waals surface area contributed by atoms with E-state index < -0.39 is 21.8 Å². The quantitative estimate of drug-likeness (QED) is 0.500. The first-order chi connectivity index (χ1) is 13.7. The van der Waals surface area contributed by atoms with Crippen LogP contribution in [0.2, 0.25) is 0 Å². The summed E-state index contributed by atoms with van der Waals surface area (Å²) in [6.45, 7) is 0.0989. The summed E-state index contributed by atoms with van der Waals surface area (Å²) in [5.41, 5.74) is 1.32. The zero-order valence-corrected chi connectivity index (χ0v) is 15.7. The van der Waals surface area contributed by atoms with Gasteiger partial charge in [-0.05, 0) is 24.3 Å². The molecule has 4 aromatic rings. The molecule has 0 saturated heterocycles. The van der Waals surface area contributed by atoms with Crippen LogP contribution >= 0.6 is 0 Å². The van der Waals surface area contributed by atoms with Crippen molar-refractivity contribution >= 4 is 15.4 Å². The van der Waals surface area contributed by atoms with Gasteiger partial charge in [0, 0.05) is 36.6 Å². The van der Waals surface area contributed by atoms with Crippen molar-refractivity contribution in [3.8, 4) is 11.4 Å². The Morgan fingerprint density at radius 2 is 2.10 bits per heavy atom. The van der Waals surface area contributed by atoms with Gasteiger partial charge in [-0.25, -0.2) is 13.6 Å². The highest BCUT2D eigenvalue weighted by Crippen LogP contribution is 2.29. The number of hydrogen-bond donors (Lipinski definition) is 0. The number of imidazole rings is 1. The van der Waals surface area contributed by atoms with Gasteiger partial charge in [-0.1, -0.05) is 5.16 Å². The van der Waals surface area contributed by atoms with Gasteiger partial charge in [0.15, 0.2) is 0 Å². The van der Waals surface area contributed by atoms with Gasteiger partial charge >= 0.3 is 12.1 Å². The largest absolute Gasteiger partial charge is 0.471 e. The van der Waals surface area contributed by atoms with E-state index in [1.807, 2.05) is 0 Å². The monoisotopic (exact) mass is 422 g/mol. The second kappa shape index (κ2) is 6.95. The lowest BCUT2D eigenvalue weighted by Gasteiger charge is -2.02. The molecule has 4 rings (SSSR count). The highest BCUT2D eigenvalue weighted by Gasteiger charge is 2.38. The maximum Gasteiger partial charge on any atom is 0.471 e. The molecule has 150 valence electrons. The predicted octanol–water partition coefficient (Wildman–Crippen LogP) is 3.46. The molecule has 0 aliphatic heterocycles. The Balaban J connectivity index is 1.61. The number of fused-ring (bicyclic) bond motifs is 1. The number of nitrogens with zero attached hydrogens (tertiary/aromatic N) is 6. The van der Waals surface area contributed by atoms with Crippen molar-refractivity contribution < 1.29 is 21.9 Å². The van der Waals surface area contributed by atoms with Crippen molar-refractivity contribution in [3.05, 3.63) is 60.6 Å². The molecular formula is C17H13F3N6O2S. The first kappa shape index (κ1) is 19.1. The average Bonchev–Trinajstić information content (AvgIpc) is 3.33. The zero-order valence-electron chi connectivity index (χ0n) is 14.9. The molecule has 0 spiro atoms. The highest BCUT2D eigenvalue weighted by atomic mass is 32.2. The second-order valence-corrected chi connectivity index (χ2v) is 8.45. The summed E-state index contributed by atoms with van der Waals surface area (Å²) in [5.74, 6) is -1.61. The predicted molar refractivity (Wildman–Crippen MR) is 96.2 cm³/mol. The summed E-state index contributed by atoms with van der Waals surface area (Å²) >= 11 is 0. The Kier molecular flexibility index (Phi) is 4.57. The van der Waals surface area contributed by atoms with Crippen LogP contribution in [-0.4, -0.2) is 35.0 Å². The molecule has 8 nitrogen and oxygen atoms in total. The molecule has 4 aromatic heterocycles. The molecule has 4 heterocycles. The lowest BCUT2D eigenvalue weighted by Crippen LogP contribution is -2.04. The van der Waals surface area contributed by atoms with Crippen molar-refractivity contribution in [3.63, 3.8) is 0 Å². The number of aromatic nitrogens is 5. The third-order valence-electron chi connectivity index (χ3n) is 3.98. The van der Waals surface area contributed by atoms with Crippen LogP contribution < -0.4 is 0 Å². The van der Waals surface area contributed by atoms with Crippen LogP contribution in [-0.2, 0) is 22.5 Å². The summed E-state index contributed by atoms with van der Waals surface area (Å²) in [5, 5.41) is 3.36. The van der Waals surface area contributed by atoms with Crippen LogP contribution in [0, 0.1) is 0 Å². The minimum Gasteiger partial charge on any atom is -0.329 e. The fraction of sp³-hybridized carbons (Fsp3) is 0.176. The van der Waals surface area contributed by atoms with E-state index in [0.29, 0.717) is 21.8 Å². The first-order valence-corrected chi connectivity index (χ1v) is 10.1. The van der Waals surface area contributed by atoms with Crippen molar-refractivity contribution in [2.45, 2.75) is 17.6 Å². The molecule has 1 atom stereocenters. The van der Waals surface area contributed by atoms with E-state index in [1.165, 1.54) is 18.5 Å². The molecule has 0 amide bonds. The third-order valence-corrected chi connectivity index (χ3v) is 5.72. The zero-order chi connectivity index (χ0) is 20.6. The van der Waals surface area contributed by atoms with Crippen LogP contribution in [0.25, 0.3) is 17.0 Å². The minimum atomic E-state index is -4.71. The molecule has 0 aliphatic rings. The fourth-order valence-electron chi connectivity index (χ4n) is 2.54. The Labute approximate surface area is 162 Å². The molecule has 0 radical (unpaired) electrons. The molecule has 0 bridgehead atoms. The maximum absolute atomic E-state index is 12.7. The summed E-state index contributed by atoms with van der Waals surface area (Å²) < 4.78 is 60.8. The number of pyridine rings is 2. The second-order valence-electron chi connectivity index (χ2n) is 6.11. The van der Waals surface area contributed by atoms with Gasteiger partial charge in [0.1, 0.15) is 5.65 Å². The van der Waals surface area contributed by atoms with Gasteiger partial charge in [-0.3, -0.25) is 4.98 Å². The van der Waals surface area contributed by atoms with Crippen molar-refractivity contribution in [1.82, 2.24) is 24.5 Å². The van der Waals surface area contributed by atoms with Crippen molar-refractivity contribution in [1.29, 1.82) is 0 Å². The molecule has 0 fully saturated rings. The van der Waals surface area contributed by atoms with Gasteiger partial charge in [0.2, 0.25) is 5.82 Å². The number of halogens is 3.